The van der Waals surface area contributed by atoms with Crippen LogP contribution in [0.15, 0.2) is 30.0 Å². The van der Waals surface area contributed by atoms with E-state index in [2.05, 4.69) is 26.6 Å². The molecule has 0 unspecified atom stereocenters. The lowest BCUT2D eigenvalue weighted by Crippen LogP contribution is -2.25. The molecule has 0 aliphatic heterocycles. The molecule has 0 saturated carbocycles. The molecular formula is C18H28N4O. The first kappa shape index (κ1) is 17.5. The van der Waals surface area contributed by atoms with Gasteiger partial charge in [0.05, 0.1) is 0 Å². The summed E-state index contributed by atoms with van der Waals surface area (Å²) in [5.41, 5.74) is 2.14. The average Bonchev–Trinajstić information content (AvgIpc) is 2.56. The van der Waals surface area contributed by atoms with Crippen molar-refractivity contribution in [2.45, 2.75) is 32.1 Å². The van der Waals surface area contributed by atoms with Crippen LogP contribution in [0.25, 0.3) is 0 Å². The molecule has 1 heterocycles. The Bertz CT molecular complexity index is 540. The van der Waals surface area contributed by atoms with Gasteiger partial charge in [0.15, 0.2) is 0 Å². The second-order valence-corrected chi connectivity index (χ2v) is 6.27. The topological polar surface area (TPSA) is 57.3 Å². The molecule has 2 N–H and O–H groups in total. The number of pyridine rings is 1. The number of hydrogen-bond donors (Lipinski definition) is 2. The lowest BCUT2D eigenvalue weighted by Gasteiger charge is -2.13. The molecule has 5 nitrogen and oxygen atoms in total. The SMILES string of the molecule is CN(C)CCNc1cc(C(=O)NCCC2=CCCCC2)ccn1. The Morgan fingerprint density at radius 1 is 1.30 bits per heavy atom. The zero-order valence-corrected chi connectivity index (χ0v) is 14.3. The number of anilines is 1. The Morgan fingerprint density at radius 2 is 2.17 bits per heavy atom. The normalized spacial score (nSPS) is 14.5. The van der Waals surface area contributed by atoms with E-state index in [0.29, 0.717) is 12.1 Å². The van der Waals surface area contributed by atoms with Gasteiger partial charge in [-0.2, -0.15) is 0 Å². The van der Waals surface area contributed by atoms with Gasteiger partial charge in [0.1, 0.15) is 5.82 Å². The van der Waals surface area contributed by atoms with E-state index in [1.54, 1.807) is 12.3 Å². The van der Waals surface area contributed by atoms with Gasteiger partial charge in [0.25, 0.3) is 5.91 Å². The van der Waals surface area contributed by atoms with Crippen LogP contribution in [0.2, 0.25) is 0 Å². The van der Waals surface area contributed by atoms with Crippen LogP contribution in [0.1, 0.15) is 42.5 Å². The standard InChI is InChI=1S/C18H28N4O/c1-22(2)13-12-20-17-14-16(9-11-19-17)18(23)21-10-8-15-6-4-3-5-7-15/h6,9,11,14H,3-5,7-8,10,12-13H2,1-2H3,(H,19,20)(H,21,23). The van der Waals surface area contributed by atoms with Crippen LogP contribution in [-0.2, 0) is 0 Å². The van der Waals surface area contributed by atoms with Gasteiger partial charge in [0.2, 0.25) is 0 Å². The number of carbonyl (C=O) groups excluding carboxylic acids is 1. The summed E-state index contributed by atoms with van der Waals surface area (Å²) >= 11 is 0. The first-order chi connectivity index (χ1) is 11.1. The maximum absolute atomic E-state index is 12.2. The second kappa shape index (κ2) is 9.30. The second-order valence-electron chi connectivity index (χ2n) is 6.27. The molecule has 1 aliphatic carbocycles. The molecule has 1 aromatic rings. The van der Waals surface area contributed by atoms with Crippen molar-refractivity contribution in [1.82, 2.24) is 15.2 Å². The van der Waals surface area contributed by atoms with Crippen LogP contribution < -0.4 is 10.6 Å². The lowest BCUT2D eigenvalue weighted by atomic mass is 9.97. The first-order valence-corrected chi connectivity index (χ1v) is 8.46. The van der Waals surface area contributed by atoms with E-state index in [-0.39, 0.29) is 5.91 Å². The molecule has 0 spiro atoms. The van der Waals surface area contributed by atoms with Gasteiger partial charge in [-0.1, -0.05) is 11.6 Å². The quantitative estimate of drug-likeness (QED) is 0.724. The molecule has 1 aliphatic rings. The molecule has 0 aromatic carbocycles. The fraction of sp³-hybridized carbons (Fsp3) is 0.556. The van der Waals surface area contributed by atoms with Crippen LogP contribution in [0.5, 0.6) is 0 Å². The summed E-state index contributed by atoms with van der Waals surface area (Å²) in [4.78, 5) is 18.6. The van der Waals surface area contributed by atoms with Crippen molar-refractivity contribution >= 4 is 11.7 Å². The van der Waals surface area contributed by atoms with E-state index in [1.807, 2.05) is 20.2 Å². The van der Waals surface area contributed by atoms with E-state index in [0.717, 1.165) is 25.3 Å². The van der Waals surface area contributed by atoms with Crippen LogP contribution in [0.4, 0.5) is 5.82 Å². The highest BCUT2D eigenvalue weighted by atomic mass is 16.1. The third-order valence-electron chi connectivity index (χ3n) is 4.00. The monoisotopic (exact) mass is 316 g/mol. The molecule has 1 aromatic heterocycles. The number of likely N-dealkylation sites (N-methyl/N-ethyl adjacent to an activating group) is 1. The van der Waals surface area contributed by atoms with Gasteiger partial charge < -0.3 is 15.5 Å². The molecule has 0 bridgehead atoms. The summed E-state index contributed by atoms with van der Waals surface area (Å²) in [7, 11) is 4.06. The minimum absolute atomic E-state index is 0.0283. The van der Waals surface area contributed by atoms with E-state index in [4.69, 9.17) is 0 Å². The third kappa shape index (κ3) is 6.40. The van der Waals surface area contributed by atoms with Gasteiger partial charge in [-0.05, 0) is 58.3 Å². The van der Waals surface area contributed by atoms with Crippen LogP contribution >= 0.6 is 0 Å². The molecule has 0 fully saturated rings. The summed E-state index contributed by atoms with van der Waals surface area (Å²) in [6.07, 6.45) is 9.93. The Kier molecular flexibility index (Phi) is 7.07. The van der Waals surface area contributed by atoms with E-state index < -0.39 is 0 Å². The van der Waals surface area contributed by atoms with E-state index in [9.17, 15) is 4.79 Å². The first-order valence-electron chi connectivity index (χ1n) is 8.46. The summed E-state index contributed by atoms with van der Waals surface area (Å²) in [6.45, 7) is 2.43. The third-order valence-corrected chi connectivity index (χ3v) is 4.00. The Balaban J connectivity index is 1.78. The van der Waals surface area contributed by atoms with Gasteiger partial charge in [-0.15, -0.1) is 0 Å². The summed E-state index contributed by atoms with van der Waals surface area (Å²) in [5, 5.41) is 6.24. The van der Waals surface area contributed by atoms with Crippen molar-refractivity contribution in [3.8, 4) is 0 Å². The van der Waals surface area contributed by atoms with Gasteiger partial charge in [0, 0.05) is 31.4 Å². The molecule has 5 heteroatoms. The van der Waals surface area contributed by atoms with Crippen molar-refractivity contribution in [3.05, 3.63) is 35.5 Å². The molecule has 2 rings (SSSR count). The molecule has 0 atom stereocenters. The van der Waals surface area contributed by atoms with E-state index >= 15 is 0 Å². The van der Waals surface area contributed by atoms with Crippen LogP contribution in [0.3, 0.4) is 0 Å². The summed E-state index contributed by atoms with van der Waals surface area (Å²) in [5.74, 6) is 0.717. The fourth-order valence-corrected chi connectivity index (χ4v) is 2.65. The number of hydrogen-bond acceptors (Lipinski definition) is 4. The highest BCUT2D eigenvalue weighted by Crippen LogP contribution is 2.19. The number of carbonyl (C=O) groups is 1. The number of nitrogens with zero attached hydrogens (tertiary/aromatic N) is 2. The Hall–Kier alpha value is -1.88. The van der Waals surface area contributed by atoms with Crippen LogP contribution in [-0.4, -0.2) is 49.5 Å². The minimum Gasteiger partial charge on any atom is -0.369 e. The van der Waals surface area contributed by atoms with Crippen molar-refractivity contribution in [2.75, 3.05) is 39.0 Å². The zero-order valence-electron chi connectivity index (χ0n) is 14.3. The number of nitrogens with one attached hydrogen (secondary N) is 2. The minimum atomic E-state index is -0.0283. The summed E-state index contributed by atoms with van der Waals surface area (Å²) < 4.78 is 0. The number of allylic oxidation sites excluding steroid dienone is 1. The molecule has 1 amide bonds. The van der Waals surface area contributed by atoms with Crippen molar-refractivity contribution in [1.29, 1.82) is 0 Å². The molecule has 126 valence electrons. The molecule has 0 radical (unpaired) electrons. The van der Waals surface area contributed by atoms with Gasteiger partial charge in [-0.3, -0.25) is 4.79 Å². The van der Waals surface area contributed by atoms with Crippen molar-refractivity contribution in [2.24, 2.45) is 0 Å². The van der Waals surface area contributed by atoms with Crippen molar-refractivity contribution < 1.29 is 4.79 Å². The maximum Gasteiger partial charge on any atom is 0.251 e. The van der Waals surface area contributed by atoms with Gasteiger partial charge in [-0.25, -0.2) is 4.98 Å². The smallest absolute Gasteiger partial charge is 0.251 e. The largest absolute Gasteiger partial charge is 0.369 e. The molecule has 0 saturated heterocycles. The maximum atomic E-state index is 12.2. The lowest BCUT2D eigenvalue weighted by molar-refractivity contribution is 0.0954. The number of rotatable bonds is 8. The highest BCUT2D eigenvalue weighted by molar-refractivity contribution is 5.94. The Labute approximate surface area is 139 Å². The Morgan fingerprint density at radius 3 is 2.91 bits per heavy atom. The molecular weight excluding hydrogens is 288 g/mol. The predicted octanol–water partition coefficient (Wildman–Crippen LogP) is 2.68. The number of aromatic nitrogens is 1. The highest BCUT2D eigenvalue weighted by Gasteiger charge is 2.08. The predicted molar refractivity (Wildman–Crippen MR) is 94.8 cm³/mol. The zero-order chi connectivity index (χ0) is 16.5. The van der Waals surface area contributed by atoms with Crippen molar-refractivity contribution in [3.63, 3.8) is 0 Å². The molecule has 23 heavy (non-hydrogen) atoms. The fourth-order valence-electron chi connectivity index (χ4n) is 2.65. The summed E-state index contributed by atoms with van der Waals surface area (Å²) in [6, 6.07) is 3.57. The van der Waals surface area contributed by atoms with Gasteiger partial charge >= 0.3 is 0 Å². The van der Waals surface area contributed by atoms with E-state index in [1.165, 1.54) is 31.3 Å². The average molecular weight is 316 g/mol. The van der Waals surface area contributed by atoms with Crippen LogP contribution in [0, 0.1) is 0 Å². The number of amides is 1.